The minimum Gasteiger partial charge on any atom is -0.352 e. The molecular weight excluding hydrogens is 234 g/mol. The van der Waals surface area contributed by atoms with Gasteiger partial charge in [0.25, 0.3) is 5.91 Å². The fraction of sp³-hybridized carbons (Fsp3) is 0.333. The summed E-state index contributed by atoms with van der Waals surface area (Å²) in [6, 6.07) is 4.10. The van der Waals surface area contributed by atoms with Gasteiger partial charge in [0.05, 0.1) is 11.8 Å². The van der Waals surface area contributed by atoms with Crippen molar-refractivity contribution in [2.75, 3.05) is 6.54 Å². The summed E-state index contributed by atoms with van der Waals surface area (Å²) < 4.78 is 1.70. The Morgan fingerprint density at radius 3 is 3.00 bits per heavy atom. The zero-order valence-electron chi connectivity index (χ0n) is 9.93. The van der Waals surface area contributed by atoms with E-state index in [1.54, 1.807) is 22.2 Å². The number of amides is 1. The predicted octanol–water partition coefficient (Wildman–Crippen LogP) is 1.76. The molecule has 0 aliphatic rings. The lowest BCUT2D eigenvalue weighted by Gasteiger charge is -2.03. The Morgan fingerprint density at radius 2 is 2.41 bits per heavy atom. The Bertz CT molecular complexity index is 502. The highest BCUT2D eigenvalue weighted by Gasteiger charge is 2.11. The van der Waals surface area contributed by atoms with Gasteiger partial charge < -0.3 is 5.32 Å². The van der Waals surface area contributed by atoms with Gasteiger partial charge in [-0.15, -0.1) is 11.3 Å². The first-order valence-electron chi connectivity index (χ1n) is 5.47. The summed E-state index contributed by atoms with van der Waals surface area (Å²) in [6.45, 7) is 2.55. The number of aromatic nitrogens is 2. The van der Waals surface area contributed by atoms with Crippen LogP contribution in [0.25, 0.3) is 0 Å². The van der Waals surface area contributed by atoms with Crippen molar-refractivity contribution in [1.82, 2.24) is 15.1 Å². The molecule has 2 rings (SSSR count). The Labute approximate surface area is 104 Å². The van der Waals surface area contributed by atoms with E-state index in [2.05, 4.69) is 16.5 Å². The number of thiophene rings is 1. The first-order valence-corrected chi connectivity index (χ1v) is 6.35. The summed E-state index contributed by atoms with van der Waals surface area (Å²) in [5.41, 5.74) is 1.54. The molecule has 0 aliphatic heterocycles. The molecule has 0 fully saturated rings. The molecule has 0 aromatic carbocycles. The van der Waals surface area contributed by atoms with Crippen LogP contribution < -0.4 is 5.32 Å². The van der Waals surface area contributed by atoms with Crippen molar-refractivity contribution in [3.63, 3.8) is 0 Å². The summed E-state index contributed by atoms with van der Waals surface area (Å²) in [7, 11) is 1.83. The van der Waals surface area contributed by atoms with Crippen LogP contribution in [-0.2, 0) is 13.5 Å². The molecule has 90 valence electrons. The molecular formula is C12H15N3OS. The molecule has 0 aliphatic carbocycles. The lowest BCUT2D eigenvalue weighted by atomic mass is 10.2. The third kappa shape index (κ3) is 2.74. The van der Waals surface area contributed by atoms with Gasteiger partial charge in [0.1, 0.15) is 0 Å². The van der Waals surface area contributed by atoms with Gasteiger partial charge in [0, 0.05) is 24.2 Å². The van der Waals surface area contributed by atoms with Crippen molar-refractivity contribution in [2.24, 2.45) is 7.05 Å². The molecule has 1 amide bonds. The molecule has 0 radical (unpaired) electrons. The van der Waals surface area contributed by atoms with E-state index >= 15 is 0 Å². The van der Waals surface area contributed by atoms with Crippen molar-refractivity contribution in [3.8, 4) is 0 Å². The number of carbonyl (C=O) groups is 1. The van der Waals surface area contributed by atoms with E-state index in [9.17, 15) is 4.79 Å². The number of nitrogens with zero attached hydrogens (tertiary/aromatic N) is 2. The van der Waals surface area contributed by atoms with E-state index in [-0.39, 0.29) is 5.91 Å². The van der Waals surface area contributed by atoms with Gasteiger partial charge in [-0.2, -0.15) is 5.10 Å². The second kappa shape index (κ2) is 5.14. The predicted molar refractivity (Wildman–Crippen MR) is 68.3 cm³/mol. The number of aryl methyl sites for hydroxylation is 1. The van der Waals surface area contributed by atoms with E-state index in [1.165, 1.54) is 4.88 Å². The van der Waals surface area contributed by atoms with Gasteiger partial charge in [-0.05, 0) is 24.8 Å². The van der Waals surface area contributed by atoms with E-state index in [0.29, 0.717) is 12.1 Å². The summed E-state index contributed by atoms with van der Waals surface area (Å²) in [5, 5.41) is 9.00. The van der Waals surface area contributed by atoms with Gasteiger partial charge >= 0.3 is 0 Å². The molecule has 2 aromatic rings. The van der Waals surface area contributed by atoms with Crippen LogP contribution in [0.3, 0.4) is 0 Å². The number of hydrogen-bond donors (Lipinski definition) is 1. The third-order valence-corrected chi connectivity index (χ3v) is 3.65. The molecule has 5 heteroatoms. The quantitative estimate of drug-likeness (QED) is 0.897. The standard InChI is InChI=1S/C12H15N3OS/c1-9-11(8-14-15(9)2)12(16)13-6-5-10-4-3-7-17-10/h3-4,7-8H,5-6H2,1-2H3,(H,13,16). The van der Waals surface area contributed by atoms with Crippen LogP contribution in [0.15, 0.2) is 23.7 Å². The van der Waals surface area contributed by atoms with Crippen LogP contribution in [0.1, 0.15) is 20.9 Å². The van der Waals surface area contributed by atoms with Crippen LogP contribution >= 0.6 is 11.3 Å². The van der Waals surface area contributed by atoms with Crippen molar-refractivity contribution >= 4 is 17.2 Å². The Morgan fingerprint density at radius 1 is 1.59 bits per heavy atom. The number of rotatable bonds is 4. The summed E-state index contributed by atoms with van der Waals surface area (Å²) >= 11 is 1.71. The molecule has 0 saturated carbocycles. The van der Waals surface area contributed by atoms with Crippen LogP contribution in [-0.4, -0.2) is 22.2 Å². The van der Waals surface area contributed by atoms with E-state index in [4.69, 9.17) is 0 Å². The monoisotopic (exact) mass is 249 g/mol. The molecule has 2 aromatic heterocycles. The fourth-order valence-corrected chi connectivity index (χ4v) is 2.28. The van der Waals surface area contributed by atoms with Crippen LogP contribution in [0.5, 0.6) is 0 Å². The number of carbonyl (C=O) groups excluding carboxylic acids is 1. The smallest absolute Gasteiger partial charge is 0.254 e. The maximum atomic E-state index is 11.8. The molecule has 1 N–H and O–H groups in total. The maximum Gasteiger partial charge on any atom is 0.254 e. The van der Waals surface area contributed by atoms with Gasteiger partial charge in [0.2, 0.25) is 0 Å². The molecule has 2 heterocycles. The normalized spacial score (nSPS) is 10.5. The highest BCUT2D eigenvalue weighted by Crippen LogP contribution is 2.09. The number of hydrogen-bond acceptors (Lipinski definition) is 3. The van der Waals surface area contributed by atoms with Crippen LogP contribution in [0.2, 0.25) is 0 Å². The second-order valence-electron chi connectivity index (χ2n) is 3.85. The second-order valence-corrected chi connectivity index (χ2v) is 4.88. The number of nitrogens with one attached hydrogen (secondary N) is 1. The van der Waals surface area contributed by atoms with Gasteiger partial charge in [-0.1, -0.05) is 6.07 Å². The van der Waals surface area contributed by atoms with E-state index < -0.39 is 0 Å². The first kappa shape index (κ1) is 11.9. The molecule has 0 bridgehead atoms. The van der Waals surface area contributed by atoms with Crippen molar-refractivity contribution in [1.29, 1.82) is 0 Å². The molecule has 0 spiro atoms. The molecule has 0 saturated heterocycles. The van der Waals surface area contributed by atoms with Crippen LogP contribution in [0, 0.1) is 6.92 Å². The topological polar surface area (TPSA) is 46.9 Å². The minimum absolute atomic E-state index is 0.0489. The Hall–Kier alpha value is -1.62. The Kier molecular flexibility index (Phi) is 3.58. The zero-order valence-corrected chi connectivity index (χ0v) is 10.8. The highest BCUT2D eigenvalue weighted by atomic mass is 32.1. The van der Waals surface area contributed by atoms with Crippen molar-refractivity contribution < 1.29 is 4.79 Å². The average molecular weight is 249 g/mol. The largest absolute Gasteiger partial charge is 0.352 e. The summed E-state index contributed by atoms with van der Waals surface area (Å²) in [6.07, 6.45) is 2.48. The Balaban J connectivity index is 1.87. The molecule has 0 unspecified atom stereocenters. The van der Waals surface area contributed by atoms with Crippen molar-refractivity contribution in [3.05, 3.63) is 39.8 Å². The fourth-order valence-electron chi connectivity index (χ4n) is 1.57. The summed E-state index contributed by atoms with van der Waals surface area (Å²) in [4.78, 5) is 13.1. The SMILES string of the molecule is Cc1c(C(=O)NCCc2cccs2)cnn1C. The van der Waals surface area contributed by atoms with Gasteiger partial charge in [-0.3, -0.25) is 9.48 Å². The van der Waals surface area contributed by atoms with Gasteiger partial charge in [0.15, 0.2) is 0 Å². The molecule has 4 nitrogen and oxygen atoms in total. The van der Waals surface area contributed by atoms with E-state index in [0.717, 1.165) is 12.1 Å². The third-order valence-electron chi connectivity index (χ3n) is 2.72. The van der Waals surface area contributed by atoms with Gasteiger partial charge in [-0.25, -0.2) is 0 Å². The summed E-state index contributed by atoms with van der Waals surface area (Å²) in [5.74, 6) is -0.0489. The van der Waals surface area contributed by atoms with Crippen molar-refractivity contribution in [2.45, 2.75) is 13.3 Å². The van der Waals surface area contributed by atoms with E-state index in [1.807, 2.05) is 25.4 Å². The first-order chi connectivity index (χ1) is 8.18. The lowest BCUT2D eigenvalue weighted by Crippen LogP contribution is -2.25. The van der Waals surface area contributed by atoms with Crippen LogP contribution in [0.4, 0.5) is 0 Å². The lowest BCUT2D eigenvalue weighted by molar-refractivity contribution is 0.0953. The maximum absolute atomic E-state index is 11.8. The molecule has 0 atom stereocenters. The average Bonchev–Trinajstić information content (AvgIpc) is 2.91. The molecule has 17 heavy (non-hydrogen) atoms. The minimum atomic E-state index is -0.0489. The highest BCUT2D eigenvalue weighted by molar-refractivity contribution is 7.09. The zero-order chi connectivity index (χ0) is 12.3.